The summed E-state index contributed by atoms with van der Waals surface area (Å²) in [5, 5.41) is 6.40. The zero-order chi connectivity index (χ0) is 12.4. The molecule has 0 saturated carbocycles. The van der Waals surface area contributed by atoms with Crippen LogP contribution in [0.2, 0.25) is 5.02 Å². The summed E-state index contributed by atoms with van der Waals surface area (Å²) in [4.78, 5) is 15.7. The summed E-state index contributed by atoms with van der Waals surface area (Å²) in [6, 6.07) is 4.64. The van der Waals surface area contributed by atoms with Gasteiger partial charge in [-0.2, -0.15) is 4.98 Å². The van der Waals surface area contributed by atoms with Crippen molar-refractivity contribution in [1.82, 2.24) is 10.1 Å². The van der Waals surface area contributed by atoms with E-state index in [9.17, 15) is 4.79 Å². The lowest BCUT2D eigenvalue weighted by Gasteiger charge is -2.04. The van der Waals surface area contributed by atoms with E-state index in [0.717, 1.165) is 0 Å². The van der Waals surface area contributed by atoms with Gasteiger partial charge in [-0.15, -0.1) is 0 Å². The smallest absolute Gasteiger partial charge is 0.328 e. The minimum absolute atomic E-state index is 0.0203. The van der Waals surface area contributed by atoms with E-state index in [4.69, 9.17) is 21.9 Å². The van der Waals surface area contributed by atoms with Crippen LogP contribution in [-0.2, 0) is 0 Å². The summed E-state index contributed by atoms with van der Waals surface area (Å²) in [6.45, 7) is 1.65. The molecule has 0 aliphatic heterocycles. The van der Waals surface area contributed by atoms with E-state index in [0.29, 0.717) is 16.5 Å². The van der Waals surface area contributed by atoms with Crippen molar-refractivity contribution in [2.75, 3.05) is 11.1 Å². The van der Waals surface area contributed by atoms with Crippen LogP contribution in [0, 0.1) is 6.92 Å². The number of carbonyl (C=O) groups excluding carboxylic acids is 1. The Morgan fingerprint density at radius 1 is 1.53 bits per heavy atom. The van der Waals surface area contributed by atoms with Gasteiger partial charge < -0.3 is 10.3 Å². The molecule has 0 aliphatic rings. The van der Waals surface area contributed by atoms with Gasteiger partial charge in [0.1, 0.15) is 0 Å². The summed E-state index contributed by atoms with van der Waals surface area (Å²) in [5.74, 6) is -0.0204. The number of nitrogen functional groups attached to an aromatic ring is 1. The highest BCUT2D eigenvalue weighted by molar-refractivity contribution is 6.31. The minimum Gasteiger partial charge on any atom is -0.398 e. The van der Waals surface area contributed by atoms with E-state index in [2.05, 4.69) is 15.5 Å². The van der Waals surface area contributed by atoms with Gasteiger partial charge in [-0.3, -0.25) is 10.1 Å². The number of nitrogens with zero attached hydrogens (tertiary/aromatic N) is 2. The molecule has 2 aromatic rings. The Bertz CT molecular complexity index is 567. The van der Waals surface area contributed by atoms with Crippen LogP contribution in [0.4, 0.5) is 11.7 Å². The monoisotopic (exact) mass is 252 g/mol. The molecule has 6 nitrogen and oxygen atoms in total. The Kier molecular flexibility index (Phi) is 2.97. The first kappa shape index (κ1) is 11.4. The number of hydrogen-bond donors (Lipinski definition) is 2. The molecular weight excluding hydrogens is 244 g/mol. The summed E-state index contributed by atoms with van der Waals surface area (Å²) >= 11 is 5.78. The molecule has 0 radical (unpaired) electrons. The Hall–Kier alpha value is -2.08. The molecule has 0 atom stereocenters. The maximum atomic E-state index is 11.8. The van der Waals surface area contributed by atoms with Crippen LogP contribution in [-0.4, -0.2) is 16.0 Å². The fourth-order valence-corrected chi connectivity index (χ4v) is 1.41. The van der Waals surface area contributed by atoms with Crippen LogP contribution in [0.5, 0.6) is 0 Å². The highest BCUT2D eigenvalue weighted by atomic mass is 35.5. The van der Waals surface area contributed by atoms with Gasteiger partial charge in [0.25, 0.3) is 5.91 Å². The number of anilines is 2. The van der Waals surface area contributed by atoms with Gasteiger partial charge in [-0.25, -0.2) is 0 Å². The third kappa shape index (κ3) is 2.54. The van der Waals surface area contributed by atoms with E-state index in [1.807, 2.05) is 0 Å². The molecule has 0 aliphatic carbocycles. The predicted molar refractivity (Wildman–Crippen MR) is 62.9 cm³/mol. The van der Waals surface area contributed by atoms with Gasteiger partial charge in [0.15, 0.2) is 5.82 Å². The number of benzene rings is 1. The van der Waals surface area contributed by atoms with E-state index in [1.165, 1.54) is 6.07 Å². The summed E-state index contributed by atoms with van der Waals surface area (Å²) in [6.07, 6.45) is 0. The largest absolute Gasteiger partial charge is 0.398 e. The van der Waals surface area contributed by atoms with Gasteiger partial charge >= 0.3 is 6.01 Å². The lowest BCUT2D eigenvalue weighted by molar-refractivity contribution is 0.102. The fourth-order valence-electron chi connectivity index (χ4n) is 1.24. The fraction of sp³-hybridized carbons (Fsp3) is 0.100. The molecular formula is C10H9ClN4O2. The SMILES string of the molecule is Cc1noc(NC(=O)c2cc(Cl)ccc2N)n1. The molecule has 1 aromatic carbocycles. The van der Waals surface area contributed by atoms with Gasteiger partial charge in [0.2, 0.25) is 0 Å². The zero-order valence-corrected chi connectivity index (χ0v) is 9.65. The van der Waals surface area contributed by atoms with Crippen molar-refractivity contribution in [3.8, 4) is 0 Å². The van der Waals surface area contributed by atoms with E-state index >= 15 is 0 Å². The average Bonchev–Trinajstić information content (AvgIpc) is 2.67. The first-order valence-corrected chi connectivity index (χ1v) is 5.11. The lowest BCUT2D eigenvalue weighted by atomic mass is 10.1. The quantitative estimate of drug-likeness (QED) is 0.796. The Morgan fingerprint density at radius 3 is 2.94 bits per heavy atom. The van der Waals surface area contributed by atoms with Crippen LogP contribution in [0.3, 0.4) is 0 Å². The molecule has 0 fully saturated rings. The van der Waals surface area contributed by atoms with Crippen molar-refractivity contribution in [3.63, 3.8) is 0 Å². The standard InChI is InChI=1S/C10H9ClN4O2/c1-5-13-10(17-15-5)14-9(16)7-4-6(11)2-3-8(7)12/h2-4H,12H2,1H3,(H,13,14,15,16). The number of nitrogens with two attached hydrogens (primary N) is 1. The molecule has 1 heterocycles. The second-order valence-corrected chi connectivity index (χ2v) is 3.77. The second-order valence-electron chi connectivity index (χ2n) is 3.33. The van der Waals surface area contributed by atoms with Gasteiger partial charge in [0, 0.05) is 10.7 Å². The second kappa shape index (κ2) is 4.42. The molecule has 1 aromatic heterocycles. The molecule has 17 heavy (non-hydrogen) atoms. The van der Waals surface area contributed by atoms with Crippen LogP contribution < -0.4 is 11.1 Å². The van der Waals surface area contributed by atoms with Crippen LogP contribution in [0.25, 0.3) is 0 Å². The normalized spacial score (nSPS) is 10.2. The number of nitrogens with one attached hydrogen (secondary N) is 1. The molecule has 3 N–H and O–H groups in total. The Morgan fingerprint density at radius 2 is 2.29 bits per heavy atom. The van der Waals surface area contributed by atoms with Crippen molar-refractivity contribution >= 4 is 29.2 Å². The maximum Gasteiger partial charge on any atom is 0.328 e. The topological polar surface area (TPSA) is 94.0 Å². The highest BCUT2D eigenvalue weighted by Gasteiger charge is 2.13. The van der Waals surface area contributed by atoms with E-state index in [1.54, 1.807) is 19.1 Å². The minimum atomic E-state index is -0.450. The molecule has 2 rings (SSSR count). The lowest BCUT2D eigenvalue weighted by Crippen LogP contribution is -2.14. The van der Waals surface area contributed by atoms with Crippen molar-refractivity contribution in [2.45, 2.75) is 6.92 Å². The highest BCUT2D eigenvalue weighted by Crippen LogP contribution is 2.19. The zero-order valence-electron chi connectivity index (χ0n) is 8.90. The van der Waals surface area contributed by atoms with Gasteiger partial charge in [0.05, 0.1) is 5.56 Å². The van der Waals surface area contributed by atoms with Crippen molar-refractivity contribution in [3.05, 3.63) is 34.6 Å². The molecule has 0 unspecified atom stereocenters. The van der Waals surface area contributed by atoms with Crippen LogP contribution in [0.15, 0.2) is 22.7 Å². The number of amides is 1. The Balaban J connectivity index is 2.22. The number of hydrogen-bond acceptors (Lipinski definition) is 5. The maximum absolute atomic E-state index is 11.8. The van der Waals surface area contributed by atoms with Crippen molar-refractivity contribution in [1.29, 1.82) is 0 Å². The predicted octanol–water partition coefficient (Wildman–Crippen LogP) is 1.87. The number of carbonyl (C=O) groups is 1. The summed E-state index contributed by atoms with van der Waals surface area (Å²) < 4.78 is 4.76. The van der Waals surface area contributed by atoms with Gasteiger partial charge in [-0.05, 0) is 25.1 Å². The molecule has 0 bridgehead atoms. The molecule has 1 amide bonds. The molecule has 0 saturated heterocycles. The first-order chi connectivity index (χ1) is 8.06. The Labute approximate surface area is 102 Å². The number of aryl methyl sites for hydroxylation is 1. The number of aromatic nitrogens is 2. The van der Waals surface area contributed by atoms with Crippen LogP contribution >= 0.6 is 11.6 Å². The van der Waals surface area contributed by atoms with Crippen LogP contribution in [0.1, 0.15) is 16.2 Å². The summed E-state index contributed by atoms with van der Waals surface area (Å²) in [7, 11) is 0. The van der Waals surface area contributed by atoms with Crippen molar-refractivity contribution in [2.24, 2.45) is 0 Å². The third-order valence-corrected chi connectivity index (χ3v) is 2.24. The van der Waals surface area contributed by atoms with Gasteiger partial charge in [-0.1, -0.05) is 16.8 Å². The first-order valence-electron chi connectivity index (χ1n) is 4.73. The molecule has 88 valence electrons. The average molecular weight is 253 g/mol. The van der Waals surface area contributed by atoms with E-state index < -0.39 is 5.91 Å². The van der Waals surface area contributed by atoms with E-state index in [-0.39, 0.29) is 11.6 Å². The number of rotatable bonds is 2. The summed E-state index contributed by atoms with van der Waals surface area (Å²) in [5.41, 5.74) is 6.24. The molecule has 0 spiro atoms. The molecule has 7 heteroatoms. The van der Waals surface area contributed by atoms with Crippen molar-refractivity contribution < 1.29 is 9.32 Å². The third-order valence-electron chi connectivity index (χ3n) is 2.01. The number of halogens is 1.